The third-order valence-electron chi connectivity index (χ3n) is 4.27. The number of pyridine rings is 1. The molecule has 0 amide bonds. The Morgan fingerprint density at radius 1 is 1.23 bits per heavy atom. The maximum atomic E-state index is 12.5. The minimum Gasteiger partial charge on any atom is -0.406 e. The van der Waals surface area contributed by atoms with Crippen LogP contribution in [0.25, 0.3) is 22.2 Å². The summed E-state index contributed by atoms with van der Waals surface area (Å²) in [6.45, 7) is 1.20. The Morgan fingerprint density at radius 3 is 2.81 bits per heavy atom. The molecule has 6 nitrogen and oxygen atoms in total. The minimum atomic E-state index is -4.75. The monoisotopic (exact) mass is 364 g/mol. The Kier molecular flexibility index (Phi) is 3.95. The highest BCUT2D eigenvalue weighted by Gasteiger charge is 2.31. The number of ether oxygens (including phenoxy) is 1. The van der Waals surface area contributed by atoms with Crippen molar-refractivity contribution in [1.82, 2.24) is 15.2 Å². The number of hydrogen-bond acceptors (Lipinski definition) is 5. The second-order valence-electron chi connectivity index (χ2n) is 6.12. The quantitative estimate of drug-likeness (QED) is 0.747. The van der Waals surface area contributed by atoms with Crippen molar-refractivity contribution >= 4 is 16.7 Å². The summed E-state index contributed by atoms with van der Waals surface area (Å²) in [5.74, 6) is 0.391. The Balaban J connectivity index is 1.71. The number of hydrogen-bond donors (Lipinski definition) is 2. The topological polar surface area (TPSA) is 74.3 Å². The third kappa shape index (κ3) is 3.30. The largest absolute Gasteiger partial charge is 0.573 e. The zero-order valence-corrected chi connectivity index (χ0v) is 13.5. The van der Waals surface area contributed by atoms with Gasteiger partial charge in [-0.25, -0.2) is 4.98 Å². The lowest BCUT2D eigenvalue weighted by molar-refractivity contribution is -0.274. The summed E-state index contributed by atoms with van der Waals surface area (Å²) in [6.07, 6.45) is -2.84. The fourth-order valence-corrected chi connectivity index (χ4v) is 3.10. The molecular weight excluding hydrogens is 349 g/mol. The lowest BCUT2D eigenvalue weighted by atomic mass is 10.1. The predicted octanol–water partition coefficient (Wildman–Crippen LogP) is 3.09. The van der Waals surface area contributed by atoms with Crippen molar-refractivity contribution in [3.05, 3.63) is 36.5 Å². The number of aromatic nitrogens is 3. The van der Waals surface area contributed by atoms with Crippen LogP contribution < -0.4 is 9.64 Å². The summed E-state index contributed by atoms with van der Waals surface area (Å²) >= 11 is 0. The van der Waals surface area contributed by atoms with Gasteiger partial charge in [0, 0.05) is 30.2 Å². The molecule has 1 fully saturated rings. The first kappa shape index (κ1) is 16.6. The Bertz CT molecular complexity index is 941. The van der Waals surface area contributed by atoms with Crippen LogP contribution in [-0.2, 0) is 0 Å². The molecule has 136 valence electrons. The maximum absolute atomic E-state index is 12.5. The SMILES string of the molecule is OC1CCN(c2cc(-c3n[nH]c4ccc(OC(F)(F)F)cc34)ccn2)C1. The summed E-state index contributed by atoms with van der Waals surface area (Å²) in [5, 5.41) is 17.2. The number of rotatable bonds is 3. The molecule has 9 heteroatoms. The van der Waals surface area contributed by atoms with Crippen LogP contribution in [-0.4, -0.2) is 45.8 Å². The van der Waals surface area contributed by atoms with Crippen LogP contribution in [0, 0.1) is 0 Å². The Labute approximate surface area is 146 Å². The van der Waals surface area contributed by atoms with E-state index in [1.807, 2.05) is 11.0 Å². The molecule has 0 saturated carbocycles. The molecule has 1 aliphatic rings. The van der Waals surface area contributed by atoms with Gasteiger partial charge >= 0.3 is 6.36 Å². The van der Waals surface area contributed by atoms with Gasteiger partial charge in [-0.05, 0) is 36.8 Å². The first-order chi connectivity index (χ1) is 12.4. The summed E-state index contributed by atoms with van der Waals surface area (Å²) in [7, 11) is 0. The van der Waals surface area contributed by atoms with Gasteiger partial charge in [-0.15, -0.1) is 13.2 Å². The number of nitrogens with one attached hydrogen (secondary N) is 1. The van der Waals surface area contributed by atoms with Gasteiger partial charge in [0.2, 0.25) is 0 Å². The molecule has 1 saturated heterocycles. The lowest BCUT2D eigenvalue weighted by Gasteiger charge is -2.16. The van der Waals surface area contributed by atoms with Crippen LogP contribution in [0.5, 0.6) is 5.75 Å². The molecule has 1 aromatic carbocycles. The van der Waals surface area contributed by atoms with E-state index in [-0.39, 0.29) is 11.9 Å². The van der Waals surface area contributed by atoms with Gasteiger partial charge < -0.3 is 14.7 Å². The van der Waals surface area contributed by atoms with Crippen LogP contribution in [0.15, 0.2) is 36.5 Å². The second kappa shape index (κ2) is 6.17. The van der Waals surface area contributed by atoms with Gasteiger partial charge in [-0.3, -0.25) is 5.10 Å². The van der Waals surface area contributed by atoms with Crippen molar-refractivity contribution in [1.29, 1.82) is 0 Å². The number of nitrogens with zero attached hydrogens (tertiary/aromatic N) is 3. The van der Waals surface area contributed by atoms with Crippen molar-refractivity contribution in [3.63, 3.8) is 0 Å². The van der Waals surface area contributed by atoms with Gasteiger partial charge in [0.15, 0.2) is 0 Å². The number of β-amino-alcohol motifs (C(OH)–C–C–N with tert-alkyl or cyclic N) is 1. The average Bonchev–Trinajstić information content (AvgIpc) is 3.19. The van der Waals surface area contributed by atoms with E-state index >= 15 is 0 Å². The van der Waals surface area contributed by atoms with Gasteiger partial charge in [-0.1, -0.05) is 0 Å². The predicted molar refractivity (Wildman–Crippen MR) is 88.8 cm³/mol. The average molecular weight is 364 g/mol. The van der Waals surface area contributed by atoms with Crippen LogP contribution in [0.3, 0.4) is 0 Å². The smallest absolute Gasteiger partial charge is 0.406 e. The van der Waals surface area contributed by atoms with Crippen LogP contribution in [0.2, 0.25) is 0 Å². The van der Waals surface area contributed by atoms with Gasteiger partial charge in [-0.2, -0.15) is 5.10 Å². The van der Waals surface area contributed by atoms with E-state index in [9.17, 15) is 18.3 Å². The molecule has 26 heavy (non-hydrogen) atoms. The van der Waals surface area contributed by atoms with E-state index < -0.39 is 6.36 Å². The number of benzene rings is 1. The van der Waals surface area contributed by atoms with Gasteiger partial charge in [0.1, 0.15) is 17.3 Å². The number of aliphatic hydroxyl groups excluding tert-OH is 1. The number of aliphatic hydroxyl groups is 1. The lowest BCUT2D eigenvalue weighted by Crippen LogP contribution is -2.22. The summed E-state index contributed by atoms with van der Waals surface area (Å²) in [4.78, 5) is 6.27. The molecule has 4 rings (SSSR count). The minimum absolute atomic E-state index is 0.301. The van der Waals surface area contributed by atoms with Crippen molar-refractivity contribution in [2.75, 3.05) is 18.0 Å². The first-order valence-electron chi connectivity index (χ1n) is 8.02. The second-order valence-corrected chi connectivity index (χ2v) is 6.12. The van der Waals surface area contributed by atoms with E-state index in [4.69, 9.17) is 0 Å². The molecule has 3 aromatic rings. The fourth-order valence-electron chi connectivity index (χ4n) is 3.10. The zero-order chi connectivity index (χ0) is 18.3. The molecule has 0 radical (unpaired) electrons. The molecule has 1 unspecified atom stereocenters. The number of fused-ring (bicyclic) bond motifs is 1. The number of H-pyrrole nitrogens is 1. The maximum Gasteiger partial charge on any atom is 0.573 e. The zero-order valence-electron chi connectivity index (χ0n) is 13.5. The fraction of sp³-hybridized carbons (Fsp3) is 0.294. The third-order valence-corrected chi connectivity index (χ3v) is 4.27. The van der Waals surface area contributed by atoms with Crippen LogP contribution in [0.4, 0.5) is 19.0 Å². The summed E-state index contributed by atoms with van der Waals surface area (Å²) in [6, 6.07) is 7.59. The van der Waals surface area contributed by atoms with Crippen molar-refractivity contribution in [3.8, 4) is 17.0 Å². The molecule has 0 bridgehead atoms. The van der Waals surface area contributed by atoms with E-state index in [1.165, 1.54) is 18.2 Å². The summed E-state index contributed by atoms with van der Waals surface area (Å²) in [5.41, 5.74) is 1.83. The van der Waals surface area contributed by atoms with E-state index in [2.05, 4.69) is 19.9 Å². The first-order valence-corrected chi connectivity index (χ1v) is 8.02. The molecule has 0 spiro atoms. The number of alkyl halides is 3. The number of anilines is 1. The van der Waals surface area contributed by atoms with Gasteiger partial charge in [0.05, 0.1) is 11.6 Å². The van der Waals surface area contributed by atoms with E-state index in [1.54, 1.807) is 12.3 Å². The van der Waals surface area contributed by atoms with E-state index in [0.29, 0.717) is 47.5 Å². The molecular formula is C17H15F3N4O2. The number of halogens is 3. The normalized spacial score (nSPS) is 17.8. The molecule has 1 atom stereocenters. The van der Waals surface area contributed by atoms with Gasteiger partial charge in [0.25, 0.3) is 0 Å². The standard InChI is InChI=1S/C17H15F3N4O2/c18-17(19,20)26-12-1-2-14-13(8-12)16(23-22-14)10-3-5-21-15(7-10)24-6-4-11(25)9-24/h1-3,5,7-8,11,25H,4,6,9H2,(H,22,23). The van der Waals surface area contributed by atoms with E-state index in [0.717, 1.165) is 0 Å². The highest BCUT2D eigenvalue weighted by molar-refractivity contribution is 5.94. The Hall–Kier alpha value is -2.81. The van der Waals surface area contributed by atoms with Crippen molar-refractivity contribution < 1.29 is 23.0 Å². The molecule has 1 aliphatic heterocycles. The highest BCUT2D eigenvalue weighted by Crippen LogP contribution is 2.32. The molecule has 3 heterocycles. The molecule has 2 aromatic heterocycles. The van der Waals surface area contributed by atoms with Crippen molar-refractivity contribution in [2.24, 2.45) is 0 Å². The highest BCUT2D eigenvalue weighted by atomic mass is 19.4. The van der Waals surface area contributed by atoms with Crippen LogP contribution in [0.1, 0.15) is 6.42 Å². The number of aromatic amines is 1. The van der Waals surface area contributed by atoms with Crippen LogP contribution >= 0.6 is 0 Å². The molecule has 2 N–H and O–H groups in total. The Morgan fingerprint density at radius 2 is 2.08 bits per heavy atom. The molecule has 0 aliphatic carbocycles. The van der Waals surface area contributed by atoms with Crippen molar-refractivity contribution in [2.45, 2.75) is 18.9 Å². The summed E-state index contributed by atoms with van der Waals surface area (Å²) < 4.78 is 41.4.